The summed E-state index contributed by atoms with van der Waals surface area (Å²) < 4.78 is 24.7. The third kappa shape index (κ3) is 3.22. The highest BCUT2D eigenvalue weighted by atomic mass is 16.7. The topological polar surface area (TPSA) is 36.9 Å². The van der Waals surface area contributed by atoms with Crippen molar-refractivity contribution in [2.45, 2.75) is 96.6 Å². The average molecular weight is 459 g/mol. The van der Waals surface area contributed by atoms with Gasteiger partial charge in [0.15, 0.2) is 5.79 Å². The van der Waals surface area contributed by atoms with Crippen molar-refractivity contribution in [3.05, 3.63) is 11.6 Å². The van der Waals surface area contributed by atoms with Crippen molar-refractivity contribution in [1.82, 2.24) is 0 Å². The van der Waals surface area contributed by atoms with Crippen LogP contribution in [0.15, 0.2) is 11.6 Å². The molecule has 4 nitrogen and oxygen atoms in total. The van der Waals surface area contributed by atoms with E-state index in [4.69, 9.17) is 18.9 Å². The van der Waals surface area contributed by atoms with Gasteiger partial charge in [-0.05, 0) is 85.9 Å². The maximum Gasteiger partial charge on any atom is 0.171 e. The van der Waals surface area contributed by atoms with Crippen LogP contribution in [0.1, 0.15) is 78.6 Å². The van der Waals surface area contributed by atoms with Gasteiger partial charge in [0, 0.05) is 32.5 Å². The number of allylic oxidation sites excluding steroid dienone is 1. The molecule has 6 rings (SSSR count). The van der Waals surface area contributed by atoms with Gasteiger partial charge in [0.25, 0.3) is 0 Å². The van der Waals surface area contributed by atoms with E-state index in [0.29, 0.717) is 40.8 Å². The Bertz CT molecular complexity index is 784. The number of hydrogen-bond acceptors (Lipinski definition) is 4. The minimum Gasteiger partial charge on any atom is -0.384 e. The Morgan fingerprint density at radius 2 is 1.91 bits per heavy atom. The van der Waals surface area contributed by atoms with E-state index in [9.17, 15) is 0 Å². The van der Waals surface area contributed by atoms with Crippen molar-refractivity contribution in [2.75, 3.05) is 27.4 Å². The van der Waals surface area contributed by atoms with Crippen LogP contribution < -0.4 is 0 Å². The maximum absolute atomic E-state index is 6.95. The molecule has 1 spiro atoms. The molecular weight excluding hydrogens is 412 g/mol. The highest BCUT2D eigenvalue weighted by Crippen LogP contribution is 2.70. The minimum absolute atomic E-state index is 0.339. The number of fused-ring (bicyclic) bond motifs is 7. The van der Waals surface area contributed by atoms with Crippen LogP contribution in [0, 0.1) is 46.3 Å². The first kappa shape index (κ1) is 23.0. The van der Waals surface area contributed by atoms with Gasteiger partial charge in [-0.25, -0.2) is 0 Å². The van der Waals surface area contributed by atoms with Gasteiger partial charge in [-0.15, -0.1) is 0 Å². The fourth-order valence-corrected chi connectivity index (χ4v) is 10.1. The van der Waals surface area contributed by atoms with E-state index in [2.05, 4.69) is 26.8 Å². The Morgan fingerprint density at radius 1 is 1.06 bits per heavy atom. The summed E-state index contributed by atoms with van der Waals surface area (Å²) in [5.41, 5.74) is 2.51. The number of rotatable bonds is 3. The molecule has 4 aliphatic carbocycles. The zero-order chi connectivity index (χ0) is 23.0. The largest absolute Gasteiger partial charge is 0.384 e. The molecule has 0 N–H and O–H groups in total. The highest BCUT2D eigenvalue weighted by Gasteiger charge is 2.68. The van der Waals surface area contributed by atoms with Crippen LogP contribution in [-0.2, 0) is 18.9 Å². The van der Waals surface area contributed by atoms with Gasteiger partial charge >= 0.3 is 0 Å². The molecule has 2 saturated heterocycles. The van der Waals surface area contributed by atoms with E-state index >= 15 is 0 Å². The van der Waals surface area contributed by atoms with E-state index in [1.54, 1.807) is 12.7 Å². The lowest BCUT2D eigenvalue weighted by molar-refractivity contribution is -0.275. The predicted molar refractivity (Wildman–Crippen MR) is 129 cm³/mol. The molecule has 2 heterocycles. The predicted octanol–water partition coefficient (Wildman–Crippen LogP) is 5.99. The second kappa shape index (κ2) is 8.05. The number of ether oxygens (including phenoxy) is 4. The molecule has 11 atom stereocenters. The summed E-state index contributed by atoms with van der Waals surface area (Å²) in [5, 5.41) is 0. The van der Waals surface area contributed by atoms with Crippen LogP contribution in [-0.4, -0.2) is 45.4 Å². The molecule has 33 heavy (non-hydrogen) atoms. The average Bonchev–Trinajstić information content (AvgIpc) is 3.25. The van der Waals surface area contributed by atoms with Crippen molar-refractivity contribution < 1.29 is 18.9 Å². The fourth-order valence-electron chi connectivity index (χ4n) is 10.1. The molecule has 2 aliphatic heterocycles. The summed E-state index contributed by atoms with van der Waals surface area (Å²) in [4.78, 5) is 0. The SMILES string of the molecule is COCC1CC[C@@]2(OC1)O[C@H]1C[C@H]3[C@@H]4CC=C5CC(OC)CC[C@]5(C)[C@H]4CC[C@]3(C)[C@H]1[C@@H]2C. The quantitative estimate of drug-likeness (QED) is 0.487. The maximum atomic E-state index is 6.95. The Balaban J connectivity index is 1.22. The van der Waals surface area contributed by atoms with Crippen LogP contribution >= 0.6 is 0 Å². The van der Waals surface area contributed by atoms with Crippen molar-refractivity contribution in [2.24, 2.45) is 46.3 Å². The molecule has 0 radical (unpaired) electrons. The van der Waals surface area contributed by atoms with Crippen molar-refractivity contribution >= 4 is 0 Å². The van der Waals surface area contributed by atoms with Gasteiger partial charge in [0.2, 0.25) is 0 Å². The smallest absolute Gasteiger partial charge is 0.171 e. The van der Waals surface area contributed by atoms with E-state index in [1.807, 2.05) is 7.11 Å². The van der Waals surface area contributed by atoms with E-state index in [0.717, 1.165) is 50.2 Å². The van der Waals surface area contributed by atoms with Crippen molar-refractivity contribution in [1.29, 1.82) is 0 Å². The van der Waals surface area contributed by atoms with Crippen LogP contribution in [0.25, 0.3) is 0 Å². The molecule has 0 aromatic rings. The van der Waals surface area contributed by atoms with Gasteiger partial charge in [-0.1, -0.05) is 32.4 Å². The molecule has 186 valence electrons. The molecule has 4 heteroatoms. The summed E-state index contributed by atoms with van der Waals surface area (Å²) in [6.45, 7) is 9.28. The zero-order valence-electron chi connectivity index (χ0n) is 21.6. The van der Waals surface area contributed by atoms with Crippen LogP contribution in [0.3, 0.4) is 0 Å². The molecule has 0 amide bonds. The third-order valence-corrected chi connectivity index (χ3v) is 11.9. The lowest BCUT2D eigenvalue weighted by Gasteiger charge is -2.58. The normalized spacial score (nSPS) is 55.5. The van der Waals surface area contributed by atoms with E-state index < -0.39 is 0 Å². The molecule has 0 aromatic heterocycles. The number of hydrogen-bond donors (Lipinski definition) is 0. The van der Waals surface area contributed by atoms with Gasteiger partial charge in [-0.3, -0.25) is 0 Å². The first-order valence-electron chi connectivity index (χ1n) is 13.9. The molecular formula is C29H46O4. The zero-order valence-corrected chi connectivity index (χ0v) is 21.6. The van der Waals surface area contributed by atoms with Crippen LogP contribution in [0.5, 0.6) is 0 Å². The van der Waals surface area contributed by atoms with Gasteiger partial charge in [-0.2, -0.15) is 0 Å². The van der Waals surface area contributed by atoms with E-state index in [-0.39, 0.29) is 5.79 Å². The molecule has 0 bridgehead atoms. The van der Waals surface area contributed by atoms with Crippen molar-refractivity contribution in [3.63, 3.8) is 0 Å². The summed E-state index contributed by atoms with van der Waals surface area (Å²) in [6, 6.07) is 0. The third-order valence-electron chi connectivity index (χ3n) is 11.9. The van der Waals surface area contributed by atoms with Gasteiger partial charge in [0.1, 0.15) is 0 Å². The summed E-state index contributed by atoms with van der Waals surface area (Å²) in [7, 11) is 3.69. The molecule has 0 aromatic carbocycles. The lowest BCUT2D eigenvalue weighted by atomic mass is 9.47. The molecule has 5 fully saturated rings. The highest BCUT2D eigenvalue weighted by molar-refractivity contribution is 5.26. The van der Waals surface area contributed by atoms with Crippen LogP contribution in [0.4, 0.5) is 0 Å². The Kier molecular flexibility index (Phi) is 5.61. The van der Waals surface area contributed by atoms with E-state index in [1.165, 1.54) is 38.5 Å². The van der Waals surface area contributed by atoms with Crippen molar-refractivity contribution in [3.8, 4) is 0 Å². The molecule has 3 saturated carbocycles. The monoisotopic (exact) mass is 458 g/mol. The lowest BCUT2D eigenvalue weighted by Crippen LogP contribution is -2.52. The Hall–Kier alpha value is -0.420. The summed E-state index contributed by atoms with van der Waals surface area (Å²) in [6.07, 6.45) is 14.6. The standard InChI is InChI=1S/C29H46O4/c1-18-26-25(33-29(18)13-8-19(16-30-4)17-32-29)15-24-22-7-6-20-14-21(31-5)9-11-27(20,2)23(22)10-12-28(24,26)3/h6,18-19,21-26H,7-17H2,1-5H3/t18-,19?,21?,22+,23-,24-,25-,26-,27-,28-,29+/m0/s1. The van der Waals surface area contributed by atoms with Gasteiger partial charge < -0.3 is 18.9 Å². The first-order valence-corrected chi connectivity index (χ1v) is 13.9. The second-order valence-corrected chi connectivity index (χ2v) is 13.1. The Morgan fingerprint density at radius 3 is 2.64 bits per heavy atom. The van der Waals surface area contributed by atoms with Gasteiger partial charge in [0.05, 0.1) is 25.4 Å². The summed E-state index contributed by atoms with van der Waals surface area (Å²) >= 11 is 0. The second-order valence-electron chi connectivity index (χ2n) is 13.1. The minimum atomic E-state index is -0.339. The fraction of sp³-hybridized carbons (Fsp3) is 0.931. The molecule has 2 unspecified atom stereocenters. The summed E-state index contributed by atoms with van der Waals surface area (Å²) in [5.74, 6) is 3.78. The van der Waals surface area contributed by atoms with Crippen LogP contribution in [0.2, 0.25) is 0 Å². The Labute approximate surface area is 201 Å². The number of methoxy groups -OCH3 is 2. The first-order chi connectivity index (χ1) is 15.8. The molecule has 6 aliphatic rings.